The molecule has 3 rings (SSSR count). The standard InChI is InChI=1S/C19H15BrN2O2/c20-18-8-4-3-7-16(18)12-21-22-19(23)13-24-17-10-9-14-5-1-2-6-15(14)11-17/h1-12H,13H2,(H,22,23)/b21-12+. The molecule has 0 aliphatic carbocycles. The smallest absolute Gasteiger partial charge is 0.277 e. The van der Waals surface area contributed by atoms with E-state index in [0.717, 1.165) is 20.8 Å². The summed E-state index contributed by atoms with van der Waals surface area (Å²) in [6, 6.07) is 21.3. The van der Waals surface area contributed by atoms with E-state index in [0.29, 0.717) is 5.75 Å². The van der Waals surface area contributed by atoms with Gasteiger partial charge in [0.15, 0.2) is 6.61 Å². The van der Waals surface area contributed by atoms with Crippen molar-refractivity contribution in [2.75, 3.05) is 6.61 Å². The van der Waals surface area contributed by atoms with E-state index in [1.54, 1.807) is 6.21 Å². The summed E-state index contributed by atoms with van der Waals surface area (Å²) < 4.78 is 6.42. The average Bonchev–Trinajstić information content (AvgIpc) is 2.61. The van der Waals surface area contributed by atoms with Crippen LogP contribution in [-0.4, -0.2) is 18.7 Å². The second-order valence-electron chi connectivity index (χ2n) is 5.11. The zero-order chi connectivity index (χ0) is 16.8. The van der Waals surface area contributed by atoms with Crippen LogP contribution in [0.4, 0.5) is 0 Å². The fourth-order valence-corrected chi connectivity index (χ4v) is 2.58. The van der Waals surface area contributed by atoms with Crippen molar-refractivity contribution in [2.45, 2.75) is 0 Å². The number of halogens is 1. The number of amides is 1. The molecule has 3 aromatic carbocycles. The molecule has 0 heterocycles. The third-order valence-corrected chi connectivity index (χ3v) is 4.11. The number of hydrogen-bond acceptors (Lipinski definition) is 3. The fourth-order valence-electron chi connectivity index (χ4n) is 2.19. The molecule has 1 N–H and O–H groups in total. The summed E-state index contributed by atoms with van der Waals surface area (Å²) in [6.45, 7) is -0.0916. The van der Waals surface area contributed by atoms with Crippen molar-refractivity contribution in [1.82, 2.24) is 5.43 Å². The van der Waals surface area contributed by atoms with Crippen LogP contribution in [0.1, 0.15) is 5.56 Å². The number of rotatable bonds is 5. The Labute approximate surface area is 148 Å². The molecule has 0 bridgehead atoms. The van der Waals surface area contributed by atoms with E-state index in [2.05, 4.69) is 26.5 Å². The summed E-state index contributed by atoms with van der Waals surface area (Å²) in [7, 11) is 0. The molecule has 0 aliphatic rings. The molecule has 1 amide bonds. The van der Waals surface area contributed by atoms with Gasteiger partial charge in [-0.2, -0.15) is 5.10 Å². The minimum atomic E-state index is -0.313. The van der Waals surface area contributed by atoms with Gasteiger partial charge in [0.2, 0.25) is 0 Å². The maximum absolute atomic E-state index is 11.8. The third-order valence-electron chi connectivity index (χ3n) is 3.39. The van der Waals surface area contributed by atoms with E-state index < -0.39 is 0 Å². The zero-order valence-corrected chi connectivity index (χ0v) is 14.4. The number of nitrogens with one attached hydrogen (secondary N) is 1. The van der Waals surface area contributed by atoms with Crippen LogP contribution >= 0.6 is 15.9 Å². The molecule has 0 fully saturated rings. The Bertz CT molecular complexity index is 893. The number of hydrogen-bond donors (Lipinski definition) is 1. The molecule has 0 unspecified atom stereocenters. The summed E-state index contributed by atoms with van der Waals surface area (Å²) in [5, 5.41) is 6.13. The van der Waals surface area contributed by atoms with Crippen LogP contribution in [0, 0.1) is 0 Å². The largest absolute Gasteiger partial charge is 0.484 e. The molecular formula is C19H15BrN2O2. The summed E-state index contributed by atoms with van der Waals surface area (Å²) in [5.74, 6) is 0.338. The highest BCUT2D eigenvalue weighted by Crippen LogP contribution is 2.20. The highest BCUT2D eigenvalue weighted by atomic mass is 79.9. The number of fused-ring (bicyclic) bond motifs is 1. The van der Waals surface area contributed by atoms with Gasteiger partial charge in [-0.05, 0) is 29.0 Å². The lowest BCUT2D eigenvalue weighted by molar-refractivity contribution is -0.123. The van der Waals surface area contributed by atoms with E-state index in [1.807, 2.05) is 66.7 Å². The monoisotopic (exact) mass is 382 g/mol. The van der Waals surface area contributed by atoms with Gasteiger partial charge < -0.3 is 4.74 Å². The van der Waals surface area contributed by atoms with Gasteiger partial charge in [0.05, 0.1) is 6.21 Å². The van der Waals surface area contributed by atoms with Crippen LogP contribution in [0.15, 0.2) is 76.3 Å². The average molecular weight is 383 g/mol. The van der Waals surface area contributed by atoms with Gasteiger partial charge in [-0.25, -0.2) is 5.43 Å². The maximum atomic E-state index is 11.8. The van der Waals surface area contributed by atoms with Crippen LogP contribution < -0.4 is 10.2 Å². The van der Waals surface area contributed by atoms with E-state index in [9.17, 15) is 4.79 Å². The lowest BCUT2D eigenvalue weighted by atomic mass is 10.1. The fraction of sp³-hybridized carbons (Fsp3) is 0.0526. The molecule has 0 aromatic heterocycles. The van der Waals surface area contributed by atoms with Crippen LogP contribution in [-0.2, 0) is 4.79 Å². The summed E-state index contributed by atoms with van der Waals surface area (Å²) in [4.78, 5) is 11.8. The summed E-state index contributed by atoms with van der Waals surface area (Å²) in [6.07, 6.45) is 1.58. The lowest BCUT2D eigenvalue weighted by Gasteiger charge is -2.06. The minimum Gasteiger partial charge on any atom is -0.484 e. The molecule has 0 saturated heterocycles. The van der Waals surface area contributed by atoms with Crippen molar-refractivity contribution in [1.29, 1.82) is 0 Å². The molecule has 0 aliphatic heterocycles. The predicted octanol–water partition coefficient (Wildman–Crippen LogP) is 4.13. The highest BCUT2D eigenvalue weighted by Gasteiger charge is 2.02. The van der Waals surface area contributed by atoms with Crippen LogP contribution in [0.25, 0.3) is 10.8 Å². The molecule has 3 aromatic rings. The van der Waals surface area contributed by atoms with Gasteiger partial charge in [0, 0.05) is 10.0 Å². The first-order chi connectivity index (χ1) is 11.7. The van der Waals surface area contributed by atoms with Crippen LogP contribution in [0.3, 0.4) is 0 Å². The van der Waals surface area contributed by atoms with E-state index in [-0.39, 0.29) is 12.5 Å². The summed E-state index contributed by atoms with van der Waals surface area (Å²) >= 11 is 3.42. The van der Waals surface area contributed by atoms with Crippen molar-refractivity contribution in [3.8, 4) is 5.75 Å². The van der Waals surface area contributed by atoms with Gasteiger partial charge >= 0.3 is 0 Å². The lowest BCUT2D eigenvalue weighted by Crippen LogP contribution is -2.24. The molecule has 0 spiro atoms. The second-order valence-corrected chi connectivity index (χ2v) is 5.97. The van der Waals surface area contributed by atoms with Gasteiger partial charge in [0.1, 0.15) is 5.75 Å². The molecule has 0 radical (unpaired) electrons. The maximum Gasteiger partial charge on any atom is 0.277 e. The van der Waals surface area contributed by atoms with Gasteiger partial charge in [-0.1, -0.05) is 64.5 Å². The van der Waals surface area contributed by atoms with Crippen LogP contribution in [0.2, 0.25) is 0 Å². The molecule has 24 heavy (non-hydrogen) atoms. The predicted molar refractivity (Wildman–Crippen MR) is 99.3 cm³/mol. The van der Waals surface area contributed by atoms with Crippen LogP contribution in [0.5, 0.6) is 5.75 Å². The number of nitrogens with zero attached hydrogens (tertiary/aromatic N) is 1. The van der Waals surface area contributed by atoms with E-state index in [1.165, 1.54) is 0 Å². The Hall–Kier alpha value is -2.66. The number of carbonyl (C=O) groups is 1. The number of carbonyl (C=O) groups excluding carboxylic acids is 1. The van der Waals surface area contributed by atoms with Crippen molar-refractivity contribution < 1.29 is 9.53 Å². The van der Waals surface area contributed by atoms with Gasteiger partial charge in [-0.3, -0.25) is 4.79 Å². The minimum absolute atomic E-state index is 0.0916. The van der Waals surface area contributed by atoms with Crippen molar-refractivity contribution >= 4 is 38.8 Å². The molecule has 120 valence electrons. The zero-order valence-electron chi connectivity index (χ0n) is 12.8. The summed E-state index contributed by atoms with van der Waals surface area (Å²) in [5.41, 5.74) is 3.33. The highest BCUT2D eigenvalue weighted by molar-refractivity contribution is 9.10. The first-order valence-electron chi connectivity index (χ1n) is 7.40. The Morgan fingerprint density at radius 2 is 1.79 bits per heavy atom. The SMILES string of the molecule is O=C(COc1ccc2ccccc2c1)N/N=C/c1ccccc1Br. The van der Waals surface area contributed by atoms with E-state index >= 15 is 0 Å². The second kappa shape index (κ2) is 7.75. The number of ether oxygens (including phenoxy) is 1. The Balaban J connectivity index is 1.54. The molecule has 0 saturated carbocycles. The number of benzene rings is 3. The van der Waals surface area contributed by atoms with Gasteiger partial charge in [0.25, 0.3) is 5.91 Å². The molecule has 4 nitrogen and oxygen atoms in total. The molecule has 5 heteroatoms. The van der Waals surface area contributed by atoms with Crippen molar-refractivity contribution in [2.24, 2.45) is 5.10 Å². The first kappa shape index (κ1) is 16.2. The quantitative estimate of drug-likeness (QED) is 0.532. The number of hydrazone groups is 1. The first-order valence-corrected chi connectivity index (χ1v) is 8.20. The Kier molecular flexibility index (Phi) is 5.23. The Morgan fingerprint density at radius 3 is 2.62 bits per heavy atom. The van der Waals surface area contributed by atoms with Crippen molar-refractivity contribution in [3.63, 3.8) is 0 Å². The topological polar surface area (TPSA) is 50.7 Å². The molecule has 0 atom stereocenters. The van der Waals surface area contributed by atoms with Crippen molar-refractivity contribution in [3.05, 3.63) is 76.8 Å². The van der Waals surface area contributed by atoms with E-state index in [4.69, 9.17) is 4.74 Å². The third kappa shape index (κ3) is 4.20. The van der Waals surface area contributed by atoms with Gasteiger partial charge in [-0.15, -0.1) is 0 Å². The normalized spacial score (nSPS) is 10.9. The Morgan fingerprint density at radius 1 is 1.04 bits per heavy atom. The molecular weight excluding hydrogens is 368 g/mol.